The maximum Gasteiger partial charge on any atom is 0.256 e. The van der Waals surface area contributed by atoms with Crippen molar-refractivity contribution in [2.24, 2.45) is 0 Å². The zero-order chi connectivity index (χ0) is 14.8. The lowest BCUT2D eigenvalue weighted by atomic mass is 10.2. The summed E-state index contributed by atoms with van der Waals surface area (Å²) >= 11 is 12.2. The number of hydrogen-bond donors (Lipinski definition) is 1. The number of rotatable bonds is 2. The Hall–Kier alpha value is -2.10. The predicted octanol–water partition coefficient (Wildman–Crippen LogP) is 4.79. The van der Waals surface area contributed by atoms with Crippen molar-refractivity contribution in [2.45, 2.75) is 0 Å². The Labute approximate surface area is 131 Å². The van der Waals surface area contributed by atoms with Crippen molar-refractivity contribution in [2.75, 3.05) is 5.32 Å². The fourth-order valence-corrected chi connectivity index (χ4v) is 2.43. The van der Waals surface area contributed by atoms with Gasteiger partial charge in [-0.05, 0) is 30.3 Å². The highest BCUT2D eigenvalue weighted by atomic mass is 35.5. The Morgan fingerprint density at radius 2 is 1.76 bits per heavy atom. The first-order valence-electron chi connectivity index (χ1n) is 6.26. The number of amides is 1. The summed E-state index contributed by atoms with van der Waals surface area (Å²) in [5.41, 5.74) is 1.19. The third-order valence-corrected chi connectivity index (χ3v) is 3.55. The summed E-state index contributed by atoms with van der Waals surface area (Å²) < 4.78 is 0. The average Bonchev–Trinajstić information content (AvgIpc) is 2.47. The van der Waals surface area contributed by atoms with E-state index >= 15 is 0 Å². The topological polar surface area (TPSA) is 42.0 Å². The molecule has 1 aromatic heterocycles. The van der Waals surface area contributed by atoms with Crippen molar-refractivity contribution in [1.82, 2.24) is 4.98 Å². The van der Waals surface area contributed by atoms with Crippen LogP contribution in [0, 0.1) is 0 Å². The number of carbonyl (C=O) groups excluding carboxylic acids is 1. The van der Waals surface area contributed by atoms with Gasteiger partial charge in [0.1, 0.15) is 5.82 Å². The van der Waals surface area contributed by atoms with Gasteiger partial charge in [0.15, 0.2) is 0 Å². The van der Waals surface area contributed by atoms with Crippen molar-refractivity contribution in [3.05, 3.63) is 70.2 Å². The van der Waals surface area contributed by atoms with E-state index in [2.05, 4.69) is 10.3 Å². The van der Waals surface area contributed by atoms with E-state index < -0.39 is 0 Å². The van der Waals surface area contributed by atoms with Crippen LogP contribution in [0.5, 0.6) is 0 Å². The van der Waals surface area contributed by atoms with Gasteiger partial charge in [-0.25, -0.2) is 4.98 Å². The van der Waals surface area contributed by atoms with Gasteiger partial charge in [0, 0.05) is 22.0 Å². The molecule has 0 radical (unpaired) electrons. The summed E-state index contributed by atoms with van der Waals surface area (Å²) in [5.74, 6) is 0.157. The maximum absolute atomic E-state index is 12.1. The minimum absolute atomic E-state index is 0.236. The van der Waals surface area contributed by atoms with Crippen LogP contribution in [0.3, 0.4) is 0 Å². The molecular formula is C16H10Cl2N2O. The lowest BCUT2D eigenvalue weighted by Gasteiger charge is -2.07. The van der Waals surface area contributed by atoms with Crippen molar-refractivity contribution in [1.29, 1.82) is 0 Å². The van der Waals surface area contributed by atoms with Gasteiger partial charge in [-0.1, -0.05) is 41.4 Å². The third kappa shape index (κ3) is 2.99. The smallest absolute Gasteiger partial charge is 0.256 e. The molecule has 3 nitrogen and oxygen atoms in total. The zero-order valence-corrected chi connectivity index (χ0v) is 12.3. The summed E-state index contributed by atoms with van der Waals surface area (Å²) in [6.45, 7) is 0. The number of nitrogens with zero attached hydrogens (tertiary/aromatic N) is 1. The largest absolute Gasteiger partial charge is 0.307 e. The van der Waals surface area contributed by atoms with Gasteiger partial charge in [-0.15, -0.1) is 0 Å². The molecule has 0 bridgehead atoms. The van der Waals surface area contributed by atoms with E-state index in [0.717, 1.165) is 5.39 Å². The Kier molecular flexibility index (Phi) is 3.78. The number of nitrogens with one attached hydrogen (secondary N) is 1. The van der Waals surface area contributed by atoms with Crippen LogP contribution in [0.15, 0.2) is 54.6 Å². The van der Waals surface area contributed by atoms with Gasteiger partial charge < -0.3 is 5.32 Å². The monoisotopic (exact) mass is 316 g/mol. The predicted molar refractivity (Wildman–Crippen MR) is 86.2 cm³/mol. The molecule has 1 N–H and O–H groups in total. The molecule has 3 rings (SSSR count). The molecule has 0 saturated carbocycles. The molecule has 1 amide bonds. The standard InChI is InChI=1S/C16H10Cl2N2O/c17-11-6-7-12-13(18)9-15(19-14(12)8-11)20-16(21)10-4-2-1-3-5-10/h1-9H,(H,19,20,21). The molecule has 0 aliphatic heterocycles. The molecule has 2 aromatic carbocycles. The van der Waals surface area contributed by atoms with Crippen molar-refractivity contribution < 1.29 is 4.79 Å². The first kappa shape index (κ1) is 13.9. The van der Waals surface area contributed by atoms with E-state index in [0.29, 0.717) is 26.9 Å². The van der Waals surface area contributed by atoms with Gasteiger partial charge in [0.25, 0.3) is 5.91 Å². The number of carbonyl (C=O) groups is 1. The van der Waals surface area contributed by atoms with Gasteiger partial charge >= 0.3 is 0 Å². The van der Waals surface area contributed by atoms with Crippen molar-refractivity contribution >= 4 is 45.8 Å². The molecule has 1 heterocycles. The normalized spacial score (nSPS) is 10.6. The molecule has 0 aliphatic rings. The molecular weight excluding hydrogens is 307 g/mol. The summed E-state index contributed by atoms with van der Waals surface area (Å²) in [5, 5.41) is 4.60. The van der Waals surface area contributed by atoms with Crippen LogP contribution in [0.2, 0.25) is 10.0 Å². The van der Waals surface area contributed by atoms with E-state index in [1.165, 1.54) is 0 Å². The number of benzene rings is 2. The van der Waals surface area contributed by atoms with Gasteiger partial charge in [-0.2, -0.15) is 0 Å². The molecule has 5 heteroatoms. The second-order valence-electron chi connectivity index (χ2n) is 4.47. The van der Waals surface area contributed by atoms with Crippen LogP contribution in [-0.2, 0) is 0 Å². The molecule has 0 fully saturated rings. The third-order valence-electron chi connectivity index (χ3n) is 3.00. The fourth-order valence-electron chi connectivity index (χ4n) is 2.00. The highest BCUT2D eigenvalue weighted by molar-refractivity contribution is 6.36. The summed E-state index contributed by atoms with van der Waals surface area (Å²) in [6, 6.07) is 15.8. The van der Waals surface area contributed by atoms with Gasteiger partial charge in [-0.3, -0.25) is 4.79 Å². The lowest BCUT2D eigenvalue weighted by Crippen LogP contribution is -2.12. The number of hydrogen-bond acceptors (Lipinski definition) is 2. The number of halogens is 2. The highest BCUT2D eigenvalue weighted by Gasteiger charge is 2.09. The molecule has 0 atom stereocenters. The number of aromatic nitrogens is 1. The van der Waals surface area contributed by atoms with Crippen LogP contribution in [-0.4, -0.2) is 10.9 Å². The van der Waals surface area contributed by atoms with Crippen molar-refractivity contribution in [3.63, 3.8) is 0 Å². The summed E-state index contributed by atoms with van der Waals surface area (Å²) in [4.78, 5) is 16.5. The van der Waals surface area contributed by atoms with E-state index in [1.54, 1.807) is 48.5 Å². The second-order valence-corrected chi connectivity index (χ2v) is 5.31. The molecule has 0 saturated heterocycles. The SMILES string of the molecule is O=C(Nc1cc(Cl)c2ccc(Cl)cc2n1)c1ccccc1. The molecule has 0 unspecified atom stereocenters. The minimum atomic E-state index is -0.236. The zero-order valence-electron chi connectivity index (χ0n) is 10.8. The quantitative estimate of drug-likeness (QED) is 0.738. The van der Waals surface area contributed by atoms with Crippen LogP contribution in [0.1, 0.15) is 10.4 Å². The molecule has 0 aliphatic carbocycles. The number of fused-ring (bicyclic) bond motifs is 1. The van der Waals surface area contributed by atoms with Crippen molar-refractivity contribution in [3.8, 4) is 0 Å². The van der Waals surface area contributed by atoms with Gasteiger partial charge in [0.05, 0.1) is 10.5 Å². The molecule has 21 heavy (non-hydrogen) atoms. The Balaban J connectivity index is 1.96. The first-order valence-corrected chi connectivity index (χ1v) is 7.01. The Morgan fingerprint density at radius 3 is 2.52 bits per heavy atom. The van der Waals surface area contributed by atoms with E-state index in [1.807, 2.05) is 6.07 Å². The number of pyridine rings is 1. The fraction of sp³-hybridized carbons (Fsp3) is 0. The minimum Gasteiger partial charge on any atom is -0.307 e. The van der Waals surface area contributed by atoms with E-state index in [-0.39, 0.29) is 5.91 Å². The first-order chi connectivity index (χ1) is 10.1. The van der Waals surface area contributed by atoms with Gasteiger partial charge in [0.2, 0.25) is 0 Å². The maximum atomic E-state index is 12.1. The average molecular weight is 317 g/mol. The lowest BCUT2D eigenvalue weighted by molar-refractivity contribution is 0.102. The van der Waals surface area contributed by atoms with E-state index in [4.69, 9.17) is 23.2 Å². The molecule has 0 spiro atoms. The Morgan fingerprint density at radius 1 is 1.00 bits per heavy atom. The molecule has 104 valence electrons. The van der Waals surface area contributed by atoms with E-state index in [9.17, 15) is 4.79 Å². The summed E-state index contributed by atoms with van der Waals surface area (Å²) in [6.07, 6.45) is 0. The van der Waals surface area contributed by atoms with Crippen LogP contribution >= 0.6 is 23.2 Å². The highest BCUT2D eigenvalue weighted by Crippen LogP contribution is 2.27. The Bertz CT molecular complexity index is 819. The number of anilines is 1. The second kappa shape index (κ2) is 5.72. The van der Waals surface area contributed by atoms with Crippen LogP contribution in [0.4, 0.5) is 5.82 Å². The van der Waals surface area contributed by atoms with Crippen LogP contribution < -0.4 is 5.32 Å². The van der Waals surface area contributed by atoms with Crippen LogP contribution in [0.25, 0.3) is 10.9 Å². The molecule has 3 aromatic rings. The summed E-state index contributed by atoms with van der Waals surface area (Å²) in [7, 11) is 0.